The topological polar surface area (TPSA) is 80.1 Å². The summed E-state index contributed by atoms with van der Waals surface area (Å²) in [7, 11) is 1.93. The number of rotatable bonds is 9. The highest BCUT2D eigenvalue weighted by molar-refractivity contribution is 7.22. The van der Waals surface area contributed by atoms with E-state index in [1.807, 2.05) is 66.5 Å². The summed E-state index contributed by atoms with van der Waals surface area (Å²) in [6.07, 6.45) is 4.71. The SMILES string of the molecule is CCCCc1ccc(NC(=O)Cn2cnc3nc(N(C)Cc4ccccc4)sc3c2=O)cc1. The third-order valence-electron chi connectivity index (χ3n) is 5.33. The fraction of sp³-hybridized carbons (Fsp3) is 0.280. The van der Waals surface area contributed by atoms with Crippen LogP contribution in [0, 0.1) is 0 Å². The summed E-state index contributed by atoms with van der Waals surface area (Å²) in [6.45, 7) is 2.74. The Labute approximate surface area is 196 Å². The van der Waals surface area contributed by atoms with Crippen LogP contribution < -0.4 is 15.8 Å². The molecule has 33 heavy (non-hydrogen) atoms. The standard InChI is InChI=1S/C25H27N5O2S/c1-3-4-8-18-11-13-20(14-12-18)27-21(31)16-30-17-26-23-22(24(30)32)33-25(28-23)29(2)15-19-9-6-5-7-10-19/h5-7,9-14,17H,3-4,8,15-16H2,1-2H3,(H,27,31). The Kier molecular flexibility index (Phi) is 7.14. The van der Waals surface area contributed by atoms with Crippen molar-refractivity contribution in [2.24, 2.45) is 0 Å². The number of benzene rings is 2. The van der Waals surface area contributed by atoms with Crippen molar-refractivity contribution in [3.05, 3.63) is 82.4 Å². The van der Waals surface area contributed by atoms with Crippen molar-refractivity contribution < 1.29 is 4.79 Å². The number of carbonyl (C=O) groups excluding carboxylic acids is 1. The lowest BCUT2D eigenvalue weighted by Crippen LogP contribution is -2.27. The average molecular weight is 462 g/mol. The lowest BCUT2D eigenvalue weighted by Gasteiger charge is -2.15. The van der Waals surface area contributed by atoms with E-state index in [9.17, 15) is 9.59 Å². The molecule has 4 rings (SSSR count). The fourth-order valence-electron chi connectivity index (χ4n) is 3.53. The van der Waals surface area contributed by atoms with Gasteiger partial charge in [0.15, 0.2) is 10.8 Å². The highest BCUT2D eigenvalue weighted by Gasteiger charge is 2.15. The molecule has 8 heteroatoms. The Bertz CT molecular complexity index is 1280. The quantitative estimate of drug-likeness (QED) is 0.398. The molecule has 0 fully saturated rings. The van der Waals surface area contributed by atoms with E-state index in [1.165, 1.54) is 27.8 Å². The summed E-state index contributed by atoms with van der Waals surface area (Å²) in [5.74, 6) is -0.273. The van der Waals surface area contributed by atoms with Crippen molar-refractivity contribution in [2.45, 2.75) is 39.3 Å². The molecule has 0 aliphatic heterocycles. The van der Waals surface area contributed by atoms with Crippen LogP contribution in [0.4, 0.5) is 10.8 Å². The Morgan fingerprint density at radius 2 is 1.85 bits per heavy atom. The van der Waals surface area contributed by atoms with Gasteiger partial charge in [0.1, 0.15) is 17.6 Å². The number of amides is 1. The number of hydrogen-bond donors (Lipinski definition) is 1. The van der Waals surface area contributed by atoms with E-state index >= 15 is 0 Å². The number of nitrogens with one attached hydrogen (secondary N) is 1. The molecule has 0 radical (unpaired) electrons. The van der Waals surface area contributed by atoms with Crippen LogP contribution >= 0.6 is 11.3 Å². The molecule has 170 valence electrons. The molecular formula is C25H27N5O2S. The number of nitrogens with zero attached hydrogens (tertiary/aromatic N) is 4. The summed E-state index contributed by atoms with van der Waals surface area (Å²) >= 11 is 1.29. The fourth-order valence-corrected chi connectivity index (χ4v) is 4.46. The van der Waals surface area contributed by atoms with Crippen molar-refractivity contribution >= 4 is 38.4 Å². The molecule has 0 unspecified atom stereocenters. The Morgan fingerprint density at radius 1 is 1.09 bits per heavy atom. The maximum Gasteiger partial charge on any atom is 0.273 e. The molecule has 0 atom stereocenters. The molecule has 0 saturated heterocycles. The average Bonchev–Trinajstić information content (AvgIpc) is 3.27. The third-order valence-corrected chi connectivity index (χ3v) is 6.48. The zero-order valence-electron chi connectivity index (χ0n) is 18.8. The zero-order valence-corrected chi connectivity index (χ0v) is 19.6. The van der Waals surface area contributed by atoms with E-state index in [-0.39, 0.29) is 18.0 Å². The van der Waals surface area contributed by atoms with E-state index in [1.54, 1.807) is 0 Å². The number of aromatic nitrogens is 3. The van der Waals surface area contributed by atoms with Crippen LogP contribution in [-0.4, -0.2) is 27.5 Å². The monoisotopic (exact) mass is 461 g/mol. The second-order valence-electron chi connectivity index (χ2n) is 8.02. The van der Waals surface area contributed by atoms with E-state index < -0.39 is 0 Å². The smallest absolute Gasteiger partial charge is 0.273 e. The van der Waals surface area contributed by atoms with Gasteiger partial charge in [-0.05, 0) is 36.1 Å². The summed E-state index contributed by atoms with van der Waals surface area (Å²) in [4.78, 5) is 36.3. The van der Waals surface area contributed by atoms with Gasteiger partial charge in [-0.2, -0.15) is 4.98 Å². The number of thiazole rings is 1. The summed E-state index contributed by atoms with van der Waals surface area (Å²) < 4.78 is 1.77. The maximum absolute atomic E-state index is 13.0. The molecule has 0 aliphatic carbocycles. The molecule has 1 N–H and O–H groups in total. The van der Waals surface area contributed by atoms with E-state index in [4.69, 9.17) is 0 Å². The Hall–Kier alpha value is -3.52. The van der Waals surface area contributed by atoms with Gasteiger partial charge in [-0.1, -0.05) is 67.1 Å². The molecule has 4 aromatic rings. The van der Waals surface area contributed by atoms with E-state index in [0.717, 1.165) is 24.8 Å². The molecule has 2 aromatic carbocycles. The van der Waals surface area contributed by atoms with Crippen LogP contribution in [0.3, 0.4) is 0 Å². The molecule has 7 nitrogen and oxygen atoms in total. The van der Waals surface area contributed by atoms with Crippen molar-refractivity contribution in [1.82, 2.24) is 14.5 Å². The Morgan fingerprint density at radius 3 is 2.58 bits per heavy atom. The number of hydrogen-bond acceptors (Lipinski definition) is 6. The minimum Gasteiger partial charge on any atom is -0.347 e. The van der Waals surface area contributed by atoms with Crippen LogP contribution in [0.15, 0.2) is 65.7 Å². The summed E-state index contributed by atoms with van der Waals surface area (Å²) in [5.41, 5.74) is 3.25. The number of unbranched alkanes of at least 4 members (excludes halogenated alkanes) is 1. The predicted octanol–water partition coefficient (Wildman–Crippen LogP) is 4.47. The van der Waals surface area contributed by atoms with Crippen molar-refractivity contribution in [2.75, 3.05) is 17.3 Å². The molecule has 0 spiro atoms. The van der Waals surface area contributed by atoms with Gasteiger partial charge in [-0.3, -0.25) is 14.2 Å². The van der Waals surface area contributed by atoms with E-state index in [0.29, 0.717) is 27.7 Å². The van der Waals surface area contributed by atoms with Crippen molar-refractivity contribution in [3.63, 3.8) is 0 Å². The number of carbonyl (C=O) groups is 1. The van der Waals surface area contributed by atoms with Gasteiger partial charge in [0.25, 0.3) is 5.56 Å². The number of anilines is 2. The predicted molar refractivity (Wildman–Crippen MR) is 134 cm³/mol. The summed E-state index contributed by atoms with van der Waals surface area (Å²) in [6, 6.07) is 17.9. The first-order valence-electron chi connectivity index (χ1n) is 11.0. The van der Waals surface area contributed by atoms with Crippen LogP contribution in [0.1, 0.15) is 30.9 Å². The lowest BCUT2D eigenvalue weighted by molar-refractivity contribution is -0.116. The van der Waals surface area contributed by atoms with Crippen LogP contribution in [0.5, 0.6) is 0 Å². The van der Waals surface area contributed by atoms with Gasteiger partial charge in [0.05, 0.1) is 0 Å². The second-order valence-corrected chi connectivity index (χ2v) is 8.99. The van der Waals surface area contributed by atoms with Gasteiger partial charge in [-0.25, -0.2) is 4.98 Å². The van der Waals surface area contributed by atoms with Gasteiger partial charge < -0.3 is 10.2 Å². The minimum absolute atomic E-state index is 0.105. The molecule has 2 aromatic heterocycles. The highest BCUT2D eigenvalue weighted by atomic mass is 32.1. The van der Waals surface area contributed by atoms with E-state index in [2.05, 4.69) is 22.2 Å². The first kappa shape index (κ1) is 22.7. The van der Waals surface area contributed by atoms with Gasteiger partial charge in [0.2, 0.25) is 5.91 Å². The van der Waals surface area contributed by atoms with Crippen LogP contribution in [0.25, 0.3) is 10.3 Å². The minimum atomic E-state index is -0.273. The molecule has 1 amide bonds. The van der Waals surface area contributed by atoms with Crippen LogP contribution in [-0.2, 0) is 24.3 Å². The van der Waals surface area contributed by atoms with Crippen molar-refractivity contribution in [3.8, 4) is 0 Å². The second kappa shape index (κ2) is 10.4. The first-order chi connectivity index (χ1) is 16.0. The Balaban J connectivity index is 1.44. The van der Waals surface area contributed by atoms with Gasteiger partial charge in [0, 0.05) is 19.3 Å². The highest BCUT2D eigenvalue weighted by Crippen LogP contribution is 2.25. The number of fused-ring (bicyclic) bond motifs is 1. The first-order valence-corrected chi connectivity index (χ1v) is 11.8. The molecule has 0 bridgehead atoms. The van der Waals surface area contributed by atoms with Crippen molar-refractivity contribution in [1.29, 1.82) is 0 Å². The van der Waals surface area contributed by atoms with Gasteiger partial charge >= 0.3 is 0 Å². The molecular weight excluding hydrogens is 434 g/mol. The van der Waals surface area contributed by atoms with Gasteiger partial charge in [-0.15, -0.1) is 0 Å². The molecule has 0 aliphatic rings. The molecule has 0 saturated carbocycles. The van der Waals surface area contributed by atoms with Crippen LogP contribution in [0.2, 0.25) is 0 Å². The summed E-state index contributed by atoms with van der Waals surface area (Å²) in [5, 5.41) is 3.56. The normalized spacial score (nSPS) is 11.0. The third kappa shape index (κ3) is 5.64. The number of aryl methyl sites for hydroxylation is 1. The zero-order chi connectivity index (χ0) is 23.2. The molecule has 2 heterocycles. The maximum atomic E-state index is 13.0. The largest absolute Gasteiger partial charge is 0.347 e. The lowest BCUT2D eigenvalue weighted by atomic mass is 10.1.